The first kappa shape index (κ1) is 28.4. The molecule has 0 bridgehead atoms. The van der Waals surface area contributed by atoms with E-state index in [1.807, 2.05) is 105 Å². The molecule has 0 aliphatic carbocycles. The van der Waals surface area contributed by atoms with Crippen LogP contribution in [-0.4, -0.2) is 35.4 Å². The molecule has 3 aromatic carbocycles. The van der Waals surface area contributed by atoms with Gasteiger partial charge in [-0.15, -0.1) is 12.4 Å². The Labute approximate surface area is 218 Å². The lowest BCUT2D eigenvalue weighted by Gasteiger charge is -2.42. The van der Waals surface area contributed by atoms with E-state index in [0.717, 1.165) is 16.7 Å². The van der Waals surface area contributed by atoms with Gasteiger partial charge in [-0.25, -0.2) is 4.79 Å². The van der Waals surface area contributed by atoms with Gasteiger partial charge < -0.3 is 10.5 Å². The molecule has 3 rings (SSSR count). The molecule has 0 saturated heterocycles. The van der Waals surface area contributed by atoms with Crippen molar-refractivity contribution < 1.29 is 14.3 Å². The van der Waals surface area contributed by atoms with Gasteiger partial charge in [0, 0.05) is 0 Å². The Bertz CT molecular complexity index is 982. The lowest BCUT2D eigenvalue weighted by molar-refractivity contribution is -0.150. The molecule has 0 radical (unpaired) electrons. The number of nitrogens with two attached hydrogens (primary N) is 1. The summed E-state index contributed by atoms with van der Waals surface area (Å²) in [7, 11) is 1.34. The van der Waals surface area contributed by atoms with Gasteiger partial charge in [0.15, 0.2) is 0 Å². The van der Waals surface area contributed by atoms with E-state index in [4.69, 9.17) is 10.5 Å². The van der Waals surface area contributed by atoms with E-state index < -0.39 is 22.8 Å². The van der Waals surface area contributed by atoms with Crippen LogP contribution in [0.3, 0.4) is 0 Å². The minimum Gasteiger partial charge on any atom is -0.467 e. The molecule has 35 heavy (non-hydrogen) atoms. The number of hydrogen-bond donors (Lipinski definition) is 1. The van der Waals surface area contributed by atoms with Crippen molar-refractivity contribution in [3.05, 3.63) is 108 Å². The zero-order valence-corrected chi connectivity index (χ0v) is 22.1. The molecule has 2 atom stereocenters. The third-order valence-corrected chi connectivity index (χ3v) is 7.29. The zero-order chi connectivity index (χ0) is 24.7. The van der Waals surface area contributed by atoms with E-state index >= 15 is 0 Å². The first-order valence-corrected chi connectivity index (χ1v) is 12.1. The van der Waals surface area contributed by atoms with Crippen LogP contribution in [0.5, 0.6) is 0 Å². The van der Waals surface area contributed by atoms with Crippen molar-refractivity contribution in [2.24, 2.45) is 11.7 Å². The summed E-state index contributed by atoms with van der Waals surface area (Å²) in [5.41, 5.74) is 9.03. The third-order valence-electron chi connectivity index (χ3n) is 5.71. The number of methoxy groups -OCH3 is 1. The number of hydrogen-bond acceptors (Lipinski definition) is 5. The standard InChI is InChI=1S/C28H32N2O3S.ClH/c1-20(2)25(27(32)33-4)30(26(31)21(3)29)34-28(22-14-8-5-9-15-22,23-16-10-6-11-17-23)24-18-12-7-13-19-24;/h5-21,25H,29H2,1-4H3;1H. The maximum absolute atomic E-state index is 13.6. The third kappa shape index (κ3) is 6.07. The van der Waals surface area contributed by atoms with Crippen LogP contribution in [0.25, 0.3) is 0 Å². The van der Waals surface area contributed by atoms with Crippen LogP contribution in [-0.2, 0) is 19.1 Å². The van der Waals surface area contributed by atoms with E-state index in [2.05, 4.69) is 0 Å². The Morgan fingerprint density at radius 2 is 1.17 bits per heavy atom. The SMILES string of the molecule is COC(=O)C(C(C)C)N(SC(c1ccccc1)(c1ccccc1)c1ccccc1)C(=O)C(C)N.Cl. The number of rotatable bonds is 9. The van der Waals surface area contributed by atoms with Gasteiger partial charge in [0.1, 0.15) is 10.8 Å². The van der Waals surface area contributed by atoms with Crippen LogP contribution in [0.15, 0.2) is 91.0 Å². The molecule has 0 spiro atoms. The number of halogens is 1. The molecular formula is C28H33ClN2O3S. The van der Waals surface area contributed by atoms with Gasteiger partial charge in [-0.05, 0) is 41.5 Å². The van der Waals surface area contributed by atoms with Crippen molar-refractivity contribution in [3.63, 3.8) is 0 Å². The Kier molecular flexibility index (Phi) is 10.4. The molecule has 7 heteroatoms. The highest BCUT2D eigenvalue weighted by molar-refractivity contribution is 7.99. The van der Waals surface area contributed by atoms with Crippen molar-refractivity contribution in [2.45, 2.75) is 37.6 Å². The summed E-state index contributed by atoms with van der Waals surface area (Å²) in [6.07, 6.45) is 0. The van der Waals surface area contributed by atoms with Crippen LogP contribution >= 0.6 is 24.4 Å². The summed E-state index contributed by atoms with van der Waals surface area (Å²) >= 11 is 1.32. The molecule has 2 N–H and O–H groups in total. The number of amides is 1. The average Bonchev–Trinajstić information content (AvgIpc) is 2.87. The number of esters is 1. The maximum Gasteiger partial charge on any atom is 0.329 e. The van der Waals surface area contributed by atoms with E-state index in [9.17, 15) is 9.59 Å². The van der Waals surface area contributed by atoms with Crippen LogP contribution in [0.2, 0.25) is 0 Å². The minimum absolute atomic E-state index is 0. The van der Waals surface area contributed by atoms with Crippen molar-refractivity contribution in [2.75, 3.05) is 7.11 Å². The van der Waals surface area contributed by atoms with Crippen LogP contribution in [0.1, 0.15) is 37.5 Å². The lowest BCUT2D eigenvalue weighted by atomic mass is 9.84. The summed E-state index contributed by atoms with van der Waals surface area (Å²) in [5, 5.41) is 0. The summed E-state index contributed by atoms with van der Waals surface area (Å²) in [4.78, 5) is 26.5. The first-order valence-electron chi connectivity index (χ1n) is 11.3. The highest BCUT2D eigenvalue weighted by Gasteiger charge is 2.45. The van der Waals surface area contributed by atoms with Crippen LogP contribution in [0.4, 0.5) is 0 Å². The lowest BCUT2D eigenvalue weighted by Crippen LogP contribution is -2.51. The van der Waals surface area contributed by atoms with Gasteiger partial charge in [0.05, 0.1) is 13.2 Å². The minimum atomic E-state index is -0.824. The number of ether oxygens (including phenoxy) is 1. The molecule has 0 saturated carbocycles. The smallest absolute Gasteiger partial charge is 0.329 e. The predicted octanol–water partition coefficient (Wildman–Crippen LogP) is 5.42. The second-order valence-electron chi connectivity index (χ2n) is 8.54. The Hall–Kier alpha value is -2.80. The van der Waals surface area contributed by atoms with Gasteiger partial charge in [-0.3, -0.25) is 9.10 Å². The van der Waals surface area contributed by atoms with Crippen molar-refractivity contribution in [1.29, 1.82) is 0 Å². The normalized spacial score (nSPS) is 12.9. The highest BCUT2D eigenvalue weighted by Crippen LogP contribution is 2.51. The number of carbonyl (C=O) groups is 2. The largest absolute Gasteiger partial charge is 0.467 e. The van der Waals surface area contributed by atoms with Gasteiger partial charge in [0.25, 0.3) is 0 Å². The van der Waals surface area contributed by atoms with Gasteiger partial charge >= 0.3 is 5.97 Å². The molecule has 5 nitrogen and oxygen atoms in total. The number of benzene rings is 3. The van der Waals surface area contributed by atoms with Gasteiger partial charge in [0.2, 0.25) is 5.91 Å². The van der Waals surface area contributed by atoms with Crippen LogP contribution in [0, 0.1) is 5.92 Å². The quantitative estimate of drug-likeness (QED) is 0.235. The number of carbonyl (C=O) groups excluding carboxylic acids is 2. The fourth-order valence-corrected chi connectivity index (χ4v) is 5.74. The summed E-state index contributed by atoms with van der Waals surface area (Å²) in [6, 6.07) is 28.4. The van der Waals surface area contributed by atoms with Crippen molar-refractivity contribution in [1.82, 2.24) is 4.31 Å². The Morgan fingerprint density at radius 3 is 1.46 bits per heavy atom. The van der Waals surface area contributed by atoms with E-state index in [0.29, 0.717) is 0 Å². The fraction of sp³-hybridized carbons (Fsp3) is 0.286. The summed E-state index contributed by atoms with van der Waals surface area (Å²) in [6.45, 7) is 5.44. The Morgan fingerprint density at radius 1 is 0.800 bits per heavy atom. The van der Waals surface area contributed by atoms with E-state index in [1.54, 1.807) is 6.92 Å². The molecule has 0 fully saturated rings. The zero-order valence-electron chi connectivity index (χ0n) is 20.5. The highest BCUT2D eigenvalue weighted by atomic mass is 35.5. The fourth-order valence-electron chi connectivity index (χ4n) is 4.02. The molecule has 3 aromatic rings. The van der Waals surface area contributed by atoms with Gasteiger partial charge in [-0.2, -0.15) is 0 Å². The first-order chi connectivity index (χ1) is 16.3. The second-order valence-corrected chi connectivity index (χ2v) is 9.72. The molecule has 0 aromatic heterocycles. The molecular weight excluding hydrogens is 480 g/mol. The average molecular weight is 513 g/mol. The van der Waals surface area contributed by atoms with Gasteiger partial charge in [-0.1, -0.05) is 105 Å². The molecule has 1 amide bonds. The monoisotopic (exact) mass is 512 g/mol. The molecule has 0 aliphatic rings. The maximum atomic E-state index is 13.6. The van der Waals surface area contributed by atoms with Crippen molar-refractivity contribution in [3.8, 4) is 0 Å². The Balaban J connectivity index is 0.00000432. The van der Waals surface area contributed by atoms with Crippen molar-refractivity contribution >= 4 is 36.2 Å². The topological polar surface area (TPSA) is 72.6 Å². The number of nitrogens with zero attached hydrogens (tertiary/aromatic N) is 1. The predicted molar refractivity (Wildman–Crippen MR) is 145 cm³/mol. The molecule has 0 heterocycles. The van der Waals surface area contributed by atoms with E-state index in [1.165, 1.54) is 23.4 Å². The van der Waals surface area contributed by atoms with Crippen LogP contribution < -0.4 is 5.73 Å². The molecule has 186 valence electrons. The summed E-state index contributed by atoms with van der Waals surface area (Å²) in [5.74, 6) is -0.997. The molecule has 0 aliphatic heterocycles. The molecule has 2 unspecified atom stereocenters. The second kappa shape index (κ2) is 12.8. The summed E-state index contributed by atoms with van der Waals surface area (Å²) < 4.78 is 5.84. The van der Waals surface area contributed by atoms with E-state index in [-0.39, 0.29) is 24.2 Å².